The summed E-state index contributed by atoms with van der Waals surface area (Å²) in [5.41, 5.74) is 0. The number of rotatable bonds is 4. The minimum atomic E-state index is -4.98. The summed E-state index contributed by atoms with van der Waals surface area (Å²) in [7, 11) is -4.98. The molecule has 0 aromatic carbocycles. The Bertz CT molecular complexity index is 285. The Hall–Kier alpha value is 0.660. The van der Waals surface area contributed by atoms with Crippen LogP contribution in [0, 0.1) is 0 Å². The van der Waals surface area contributed by atoms with Crippen LogP contribution in [-0.2, 0) is 10.1 Å². The van der Waals surface area contributed by atoms with Crippen molar-refractivity contribution in [3.05, 3.63) is 0 Å². The predicted octanol–water partition coefficient (Wildman–Crippen LogP) is -2.02. The van der Waals surface area contributed by atoms with Gasteiger partial charge in [0, 0.05) is 6.42 Å². The Labute approximate surface area is 108 Å². The fourth-order valence-corrected chi connectivity index (χ4v) is 1.14. The zero-order valence-electron chi connectivity index (χ0n) is 8.34. The monoisotopic (exact) mass is 258 g/mol. The maximum Gasteiger partial charge on any atom is 1.00 e. The molecule has 0 spiro atoms. The molecule has 0 amide bonds. The van der Waals surface area contributed by atoms with E-state index in [0.29, 0.717) is 6.92 Å². The molecular weight excluding hydrogens is 248 g/mol. The van der Waals surface area contributed by atoms with E-state index in [4.69, 9.17) is 5.11 Å². The molecule has 86 valence electrons. The average molecular weight is 258 g/mol. The van der Waals surface area contributed by atoms with Crippen molar-refractivity contribution in [2.45, 2.75) is 37.3 Å². The summed E-state index contributed by atoms with van der Waals surface area (Å²) in [6.45, 7) is 0.686. The van der Waals surface area contributed by atoms with Crippen LogP contribution < -0.4 is 29.6 Å². The second kappa shape index (κ2) is 5.83. The molecule has 0 saturated heterocycles. The number of hydrogen-bond acceptors (Lipinski definition) is 4. The van der Waals surface area contributed by atoms with Crippen LogP contribution in [0.15, 0.2) is 0 Å². The molecule has 9 heteroatoms. The van der Waals surface area contributed by atoms with Gasteiger partial charge in [-0.15, -0.1) is 0 Å². The van der Waals surface area contributed by atoms with Gasteiger partial charge < -0.3 is 9.66 Å². The molecule has 4 nitrogen and oxygen atoms in total. The van der Waals surface area contributed by atoms with Gasteiger partial charge in [0.15, 0.2) is 4.93 Å². The molecule has 0 aliphatic rings. The molecule has 1 N–H and O–H groups in total. The van der Waals surface area contributed by atoms with E-state index in [2.05, 4.69) is 0 Å². The molecular formula is C6H10F3NaO4S. The van der Waals surface area contributed by atoms with Crippen molar-refractivity contribution < 1.29 is 60.8 Å². The van der Waals surface area contributed by atoms with E-state index in [1.807, 2.05) is 0 Å². The zero-order valence-corrected chi connectivity index (χ0v) is 11.2. The summed E-state index contributed by atoms with van der Waals surface area (Å²) in [5, 5.41) is 8.98. The molecule has 0 rings (SSSR count). The fraction of sp³-hybridized carbons (Fsp3) is 1.00. The second-order valence-corrected chi connectivity index (χ2v) is 4.89. The van der Waals surface area contributed by atoms with Crippen molar-refractivity contribution in [1.82, 2.24) is 0 Å². The van der Waals surface area contributed by atoms with Crippen LogP contribution in [0.2, 0.25) is 0 Å². The first-order valence-electron chi connectivity index (χ1n) is 3.70. The van der Waals surface area contributed by atoms with Gasteiger partial charge >= 0.3 is 35.7 Å². The normalized spacial score (nSPS) is 16.7. The molecule has 0 saturated carbocycles. The van der Waals surface area contributed by atoms with E-state index in [-0.39, 0.29) is 29.6 Å². The minimum Gasteiger partial charge on any atom is -0.746 e. The Balaban J connectivity index is 0. The summed E-state index contributed by atoms with van der Waals surface area (Å²) in [4.78, 5) is -2.63. The number of alkyl halides is 3. The van der Waals surface area contributed by atoms with Gasteiger partial charge in [0.2, 0.25) is 0 Å². The Morgan fingerprint density at radius 2 is 1.67 bits per heavy atom. The van der Waals surface area contributed by atoms with Crippen molar-refractivity contribution in [3.63, 3.8) is 0 Å². The van der Waals surface area contributed by atoms with Gasteiger partial charge in [-0.1, -0.05) is 0 Å². The largest absolute Gasteiger partial charge is 1.00 e. The third kappa shape index (κ3) is 7.53. The van der Waals surface area contributed by atoms with E-state index in [0.717, 1.165) is 0 Å². The van der Waals surface area contributed by atoms with Crippen LogP contribution in [0.4, 0.5) is 13.2 Å². The van der Waals surface area contributed by atoms with Gasteiger partial charge in [-0.3, -0.25) is 0 Å². The topological polar surface area (TPSA) is 77.4 Å². The first-order valence-corrected chi connectivity index (χ1v) is 5.11. The van der Waals surface area contributed by atoms with Crippen molar-refractivity contribution in [2.24, 2.45) is 0 Å². The molecule has 0 bridgehead atoms. The van der Waals surface area contributed by atoms with Crippen molar-refractivity contribution >= 4 is 10.1 Å². The Kier molecular flexibility index (Phi) is 7.01. The Morgan fingerprint density at radius 1 is 1.27 bits per heavy atom. The predicted molar refractivity (Wildman–Crippen MR) is 40.2 cm³/mol. The standard InChI is InChI=1S/C6H11F3O4S.Na/c1-5(10,14(11,12)13)3-2-4-6(7,8)9;/h10H,2-4H2,1H3,(H,11,12,13);/q;+1/p-1. The maximum absolute atomic E-state index is 11.6. The third-order valence-corrected chi connectivity index (χ3v) is 2.92. The van der Waals surface area contributed by atoms with Crippen molar-refractivity contribution in [3.8, 4) is 0 Å². The average Bonchev–Trinajstić information content (AvgIpc) is 1.80. The molecule has 0 aromatic rings. The van der Waals surface area contributed by atoms with Crippen LogP contribution >= 0.6 is 0 Å². The molecule has 0 heterocycles. The SMILES string of the molecule is CC(O)(CCCC(F)(F)F)S(=O)(=O)[O-].[Na+]. The van der Waals surface area contributed by atoms with E-state index >= 15 is 0 Å². The molecule has 0 radical (unpaired) electrons. The molecule has 0 fully saturated rings. The number of halogens is 3. The summed E-state index contributed by atoms with van der Waals surface area (Å²) in [5.74, 6) is 0. The first kappa shape index (κ1) is 18.0. The summed E-state index contributed by atoms with van der Waals surface area (Å²) < 4.78 is 65.8. The summed E-state index contributed by atoms with van der Waals surface area (Å²) in [6.07, 6.45) is -6.96. The van der Waals surface area contributed by atoms with Gasteiger partial charge in [-0.05, 0) is 19.8 Å². The van der Waals surface area contributed by atoms with Gasteiger partial charge in [0.05, 0.1) is 0 Å². The fourth-order valence-electron chi connectivity index (χ4n) is 0.742. The van der Waals surface area contributed by atoms with E-state index in [9.17, 15) is 26.1 Å². The maximum atomic E-state index is 11.6. The van der Waals surface area contributed by atoms with Crippen LogP contribution in [-0.4, -0.2) is 29.2 Å². The van der Waals surface area contributed by atoms with E-state index in [1.165, 1.54) is 0 Å². The van der Waals surface area contributed by atoms with E-state index in [1.54, 1.807) is 0 Å². The number of hydrogen-bond donors (Lipinski definition) is 1. The minimum absolute atomic E-state index is 0. The van der Waals surface area contributed by atoms with Gasteiger partial charge in [0.1, 0.15) is 10.1 Å². The first-order chi connectivity index (χ1) is 5.96. The molecule has 0 aromatic heterocycles. The van der Waals surface area contributed by atoms with Crippen molar-refractivity contribution in [2.75, 3.05) is 0 Å². The van der Waals surface area contributed by atoms with E-state index < -0.39 is 40.5 Å². The van der Waals surface area contributed by atoms with Gasteiger partial charge in [-0.2, -0.15) is 13.2 Å². The molecule has 1 unspecified atom stereocenters. The zero-order chi connectivity index (χ0) is 11.6. The van der Waals surface area contributed by atoms with Crippen LogP contribution in [0.5, 0.6) is 0 Å². The number of aliphatic hydroxyl groups is 1. The molecule has 15 heavy (non-hydrogen) atoms. The summed E-state index contributed by atoms with van der Waals surface area (Å²) in [6, 6.07) is 0. The smallest absolute Gasteiger partial charge is 0.746 e. The Morgan fingerprint density at radius 3 is 1.93 bits per heavy atom. The van der Waals surface area contributed by atoms with Gasteiger partial charge in [-0.25, -0.2) is 8.42 Å². The summed E-state index contributed by atoms with van der Waals surface area (Å²) >= 11 is 0. The van der Waals surface area contributed by atoms with Crippen LogP contribution in [0.1, 0.15) is 26.2 Å². The van der Waals surface area contributed by atoms with Crippen LogP contribution in [0.3, 0.4) is 0 Å². The van der Waals surface area contributed by atoms with Crippen molar-refractivity contribution in [1.29, 1.82) is 0 Å². The molecule has 0 aliphatic heterocycles. The third-order valence-electron chi connectivity index (χ3n) is 1.64. The second-order valence-electron chi connectivity index (χ2n) is 3.10. The quantitative estimate of drug-likeness (QED) is 0.466. The molecule has 0 aliphatic carbocycles. The van der Waals surface area contributed by atoms with Crippen LogP contribution in [0.25, 0.3) is 0 Å². The van der Waals surface area contributed by atoms with Gasteiger partial charge in [0.25, 0.3) is 0 Å². The molecule has 1 atom stereocenters.